The molecule has 0 heterocycles. The summed E-state index contributed by atoms with van der Waals surface area (Å²) in [5.41, 5.74) is 7.68. The first-order valence-corrected chi connectivity index (χ1v) is 6.72. The van der Waals surface area contributed by atoms with Crippen molar-refractivity contribution in [3.8, 4) is 0 Å². The monoisotopic (exact) mass is 241 g/mol. The molecule has 0 aliphatic rings. The van der Waals surface area contributed by atoms with E-state index in [1.165, 1.54) is 0 Å². The number of aldehydes is 1. The Bertz CT molecular complexity index is 434. The first-order chi connectivity index (χ1) is 7.42. The van der Waals surface area contributed by atoms with E-state index in [9.17, 15) is 9.36 Å². The van der Waals surface area contributed by atoms with Gasteiger partial charge in [-0.2, -0.15) is 0 Å². The first kappa shape index (κ1) is 13.1. The minimum absolute atomic E-state index is 0.294. The van der Waals surface area contributed by atoms with Gasteiger partial charge in [-0.1, -0.05) is 0 Å². The van der Waals surface area contributed by atoms with Crippen molar-refractivity contribution in [3.05, 3.63) is 28.8 Å². The number of hydrogen-bond acceptors (Lipinski definition) is 3. The van der Waals surface area contributed by atoms with Crippen molar-refractivity contribution in [2.24, 2.45) is 5.50 Å². The van der Waals surface area contributed by atoms with Gasteiger partial charge in [0.15, 0.2) is 0 Å². The zero-order valence-corrected chi connectivity index (χ0v) is 10.6. The number of nitrogens with two attached hydrogens (primary N) is 1. The molecule has 1 rings (SSSR count). The van der Waals surface area contributed by atoms with E-state index >= 15 is 0 Å². The molecule has 0 unspecified atom stereocenters. The minimum atomic E-state index is -3.27. The number of carbonyl (C=O) groups excluding carboxylic acids is 1. The molecule has 0 saturated heterocycles. The van der Waals surface area contributed by atoms with Gasteiger partial charge in [0.1, 0.15) is 6.29 Å². The van der Waals surface area contributed by atoms with Crippen LogP contribution in [0.5, 0.6) is 0 Å². The van der Waals surface area contributed by atoms with Crippen LogP contribution >= 0.6 is 7.52 Å². The highest BCUT2D eigenvalue weighted by molar-refractivity contribution is 7.64. The lowest BCUT2D eigenvalue weighted by atomic mass is 10.1. The van der Waals surface area contributed by atoms with E-state index in [0.29, 0.717) is 17.5 Å². The number of aryl methyl sites for hydroxylation is 2. The summed E-state index contributed by atoms with van der Waals surface area (Å²) < 4.78 is 17.2. The van der Waals surface area contributed by atoms with Gasteiger partial charge in [-0.3, -0.25) is 14.9 Å². The zero-order chi connectivity index (χ0) is 12.3. The Kier molecular flexibility index (Phi) is 4.03. The van der Waals surface area contributed by atoms with Crippen molar-refractivity contribution in [3.63, 3.8) is 0 Å². The fourth-order valence-electron chi connectivity index (χ4n) is 1.81. The second-order valence-electron chi connectivity index (χ2n) is 3.64. The summed E-state index contributed by atoms with van der Waals surface area (Å²) in [5, 5.41) is 0.514. The predicted molar refractivity (Wildman–Crippen MR) is 64.4 cm³/mol. The quantitative estimate of drug-likeness (QED) is 0.646. The van der Waals surface area contributed by atoms with Gasteiger partial charge in [0.2, 0.25) is 0 Å². The average molecular weight is 241 g/mol. The van der Waals surface area contributed by atoms with Crippen molar-refractivity contribution in [1.82, 2.24) is 0 Å². The third kappa shape index (κ3) is 2.59. The van der Waals surface area contributed by atoms with Gasteiger partial charge in [-0.15, -0.1) is 0 Å². The van der Waals surface area contributed by atoms with Crippen molar-refractivity contribution in [1.29, 1.82) is 0 Å². The molecule has 0 fully saturated rings. The van der Waals surface area contributed by atoms with Gasteiger partial charge in [0.05, 0.1) is 11.9 Å². The lowest BCUT2D eigenvalue weighted by Crippen LogP contribution is -2.20. The van der Waals surface area contributed by atoms with Gasteiger partial charge < -0.3 is 4.52 Å². The Labute approximate surface area is 95.3 Å². The van der Waals surface area contributed by atoms with Gasteiger partial charge in [0, 0.05) is 5.56 Å². The smallest absolute Gasteiger partial charge is 0.297 e. The van der Waals surface area contributed by atoms with E-state index in [1.807, 2.05) is 0 Å². The van der Waals surface area contributed by atoms with E-state index in [0.717, 1.165) is 17.4 Å². The molecule has 88 valence electrons. The van der Waals surface area contributed by atoms with Crippen LogP contribution in [-0.2, 0) is 9.09 Å². The standard InChI is InChI=1S/C11H16NO3P/c1-4-15-16(12,14)11-8(2)5-10(7-13)6-9(11)3/h5-7H,4H2,1-3H3,(H2,12,14)/t16-/m1/s1. The zero-order valence-electron chi connectivity index (χ0n) is 9.69. The van der Waals surface area contributed by atoms with Gasteiger partial charge >= 0.3 is 0 Å². The van der Waals surface area contributed by atoms with Crippen molar-refractivity contribution >= 4 is 19.1 Å². The predicted octanol–water partition coefficient (Wildman–Crippen LogP) is 1.93. The highest BCUT2D eigenvalue weighted by Crippen LogP contribution is 2.38. The van der Waals surface area contributed by atoms with Crippen molar-refractivity contribution in [2.75, 3.05) is 6.61 Å². The Hall–Kier alpha value is -0.960. The van der Waals surface area contributed by atoms with Gasteiger partial charge in [-0.25, -0.2) is 0 Å². The van der Waals surface area contributed by atoms with Crippen LogP contribution in [0.25, 0.3) is 0 Å². The maximum atomic E-state index is 12.1. The van der Waals surface area contributed by atoms with Crippen LogP contribution in [0.2, 0.25) is 0 Å². The molecule has 0 bridgehead atoms. The third-order valence-corrected chi connectivity index (χ3v) is 4.25. The van der Waals surface area contributed by atoms with Crippen molar-refractivity contribution < 1.29 is 13.9 Å². The summed E-state index contributed by atoms with van der Waals surface area (Å²) in [7, 11) is -3.27. The van der Waals surface area contributed by atoms with Crippen LogP contribution in [0.4, 0.5) is 0 Å². The van der Waals surface area contributed by atoms with Crippen LogP contribution in [0.1, 0.15) is 28.4 Å². The molecule has 5 heteroatoms. The number of rotatable bonds is 4. The van der Waals surface area contributed by atoms with Crippen LogP contribution in [-0.4, -0.2) is 12.9 Å². The lowest BCUT2D eigenvalue weighted by molar-refractivity contribution is 0.112. The number of hydrogen-bond donors (Lipinski definition) is 1. The highest BCUT2D eigenvalue weighted by Gasteiger charge is 2.24. The van der Waals surface area contributed by atoms with Crippen LogP contribution in [0.3, 0.4) is 0 Å². The minimum Gasteiger partial charge on any atom is -0.315 e. The molecule has 2 N–H and O–H groups in total. The SMILES string of the molecule is CCO[P@](N)(=O)c1c(C)cc(C=O)cc1C. The van der Waals surface area contributed by atoms with E-state index in [-0.39, 0.29) is 0 Å². The van der Waals surface area contributed by atoms with Crippen molar-refractivity contribution in [2.45, 2.75) is 20.8 Å². The molecular formula is C11H16NO3P. The third-order valence-electron chi connectivity index (χ3n) is 2.28. The molecule has 0 saturated carbocycles. The molecule has 0 aromatic heterocycles. The number of benzene rings is 1. The normalized spacial score (nSPS) is 14.5. The molecule has 0 aliphatic heterocycles. The van der Waals surface area contributed by atoms with Gasteiger partial charge in [0.25, 0.3) is 7.52 Å². The summed E-state index contributed by atoms with van der Waals surface area (Å²) in [5.74, 6) is 0. The fraction of sp³-hybridized carbons (Fsp3) is 0.364. The Morgan fingerprint density at radius 1 is 1.38 bits per heavy atom. The molecule has 4 nitrogen and oxygen atoms in total. The van der Waals surface area contributed by atoms with E-state index in [4.69, 9.17) is 10.0 Å². The number of carbonyl (C=O) groups is 1. The molecule has 0 aliphatic carbocycles. The fourth-order valence-corrected chi connectivity index (χ4v) is 3.43. The van der Waals surface area contributed by atoms with Crippen LogP contribution in [0, 0.1) is 13.8 Å². The van der Waals surface area contributed by atoms with E-state index in [1.54, 1.807) is 32.9 Å². The van der Waals surface area contributed by atoms with Crippen LogP contribution in [0.15, 0.2) is 12.1 Å². The Morgan fingerprint density at radius 2 is 1.88 bits per heavy atom. The summed E-state index contributed by atoms with van der Waals surface area (Å²) in [6, 6.07) is 3.32. The van der Waals surface area contributed by atoms with Gasteiger partial charge in [-0.05, 0) is 44.0 Å². The molecule has 1 aromatic rings. The molecular weight excluding hydrogens is 225 g/mol. The maximum Gasteiger partial charge on any atom is 0.297 e. The molecule has 16 heavy (non-hydrogen) atoms. The summed E-state index contributed by atoms with van der Waals surface area (Å²) >= 11 is 0. The maximum absolute atomic E-state index is 12.1. The molecule has 0 amide bonds. The summed E-state index contributed by atoms with van der Waals surface area (Å²) in [6.07, 6.45) is 0.756. The molecule has 1 atom stereocenters. The van der Waals surface area contributed by atoms with Crippen LogP contribution < -0.4 is 10.8 Å². The largest absolute Gasteiger partial charge is 0.315 e. The lowest BCUT2D eigenvalue weighted by Gasteiger charge is -2.17. The van der Waals surface area contributed by atoms with E-state index in [2.05, 4.69) is 0 Å². The second-order valence-corrected chi connectivity index (χ2v) is 5.54. The second kappa shape index (κ2) is 4.91. The first-order valence-electron chi connectivity index (χ1n) is 5.02. The average Bonchev–Trinajstić information content (AvgIpc) is 2.15. The molecule has 1 aromatic carbocycles. The van der Waals surface area contributed by atoms with E-state index < -0.39 is 7.52 Å². The highest BCUT2D eigenvalue weighted by atomic mass is 31.2. The Morgan fingerprint density at radius 3 is 2.25 bits per heavy atom. The Balaban J connectivity index is 3.35. The summed E-state index contributed by atoms with van der Waals surface area (Å²) in [6.45, 7) is 5.58. The summed E-state index contributed by atoms with van der Waals surface area (Å²) in [4.78, 5) is 10.7. The topological polar surface area (TPSA) is 69.4 Å². The molecule has 0 spiro atoms. The molecule has 0 radical (unpaired) electrons.